The third-order valence-corrected chi connectivity index (χ3v) is 4.43. The number of hydrogen-bond donors (Lipinski definition) is 1. The van der Waals surface area contributed by atoms with Crippen molar-refractivity contribution in [2.75, 3.05) is 19.0 Å². The zero-order chi connectivity index (χ0) is 16.1. The van der Waals surface area contributed by atoms with Gasteiger partial charge in [-0.3, -0.25) is 0 Å². The Kier molecular flexibility index (Phi) is 5.31. The number of fused-ring (bicyclic) bond motifs is 2. The first-order chi connectivity index (χ1) is 11.3. The molecule has 1 heterocycles. The molecule has 1 aliphatic rings. The van der Waals surface area contributed by atoms with Gasteiger partial charge in [-0.15, -0.1) is 0 Å². The molecule has 0 fully saturated rings. The SMILES string of the molecule is CCCCOC(CC1c2ccccc2Nc2ccccc21)OC. The van der Waals surface area contributed by atoms with Gasteiger partial charge in [-0.05, 0) is 29.7 Å². The Hall–Kier alpha value is -1.84. The molecule has 1 N–H and O–H groups in total. The quantitative estimate of drug-likeness (QED) is 0.573. The van der Waals surface area contributed by atoms with E-state index in [1.165, 1.54) is 22.5 Å². The van der Waals surface area contributed by atoms with Crippen LogP contribution in [0.2, 0.25) is 0 Å². The predicted octanol–water partition coefficient (Wildman–Crippen LogP) is 5.05. The molecule has 122 valence electrons. The molecule has 0 saturated heterocycles. The molecule has 0 radical (unpaired) electrons. The van der Waals surface area contributed by atoms with Crippen LogP contribution in [0.4, 0.5) is 11.4 Å². The lowest BCUT2D eigenvalue weighted by atomic mass is 9.83. The molecular weight excluding hydrogens is 286 g/mol. The van der Waals surface area contributed by atoms with Crippen LogP contribution in [-0.4, -0.2) is 20.0 Å². The number of rotatable bonds is 7. The Morgan fingerprint density at radius 3 is 2.17 bits per heavy atom. The first-order valence-corrected chi connectivity index (χ1v) is 8.42. The third kappa shape index (κ3) is 3.57. The second kappa shape index (κ2) is 7.62. The van der Waals surface area contributed by atoms with Crippen molar-refractivity contribution < 1.29 is 9.47 Å². The van der Waals surface area contributed by atoms with E-state index in [0.29, 0.717) is 0 Å². The van der Waals surface area contributed by atoms with E-state index in [1.807, 2.05) is 0 Å². The maximum atomic E-state index is 5.92. The molecule has 2 aromatic rings. The first kappa shape index (κ1) is 16.0. The standard InChI is InChI=1S/C20H25NO2/c1-3-4-13-23-20(22-2)14-17-15-9-5-7-11-18(15)21-19-12-8-6-10-16(17)19/h5-12,17,20-21H,3-4,13-14H2,1-2H3. The summed E-state index contributed by atoms with van der Waals surface area (Å²) in [6.07, 6.45) is 2.86. The van der Waals surface area contributed by atoms with Crippen molar-refractivity contribution in [2.24, 2.45) is 0 Å². The summed E-state index contributed by atoms with van der Waals surface area (Å²) in [6.45, 7) is 2.92. The largest absolute Gasteiger partial charge is 0.356 e. The molecule has 2 aromatic carbocycles. The third-order valence-electron chi connectivity index (χ3n) is 4.43. The number of benzene rings is 2. The summed E-state index contributed by atoms with van der Waals surface area (Å²) in [7, 11) is 1.73. The monoisotopic (exact) mass is 311 g/mol. The number of anilines is 2. The van der Waals surface area contributed by atoms with Crippen molar-refractivity contribution in [3.63, 3.8) is 0 Å². The second-order valence-electron chi connectivity index (χ2n) is 5.98. The maximum absolute atomic E-state index is 5.92. The smallest absolute Gasteiger partial charge is 0.158 e. The van der Waals surface area contributed by atoms with E-state index < -0.39 is 0 Å². The van der Waals surface area contributed by atoms with Gasteiger partial charge in [-0.1, -0.05) is 49.7 Å². The van der Waals surface area contributed by atoms with Crippen LogP contribution in [0.1, 0.15) is 43.2 Å². The van der Waals surface area contributed by atoms with Gasteiger partial charge in [0.2, 0.25) is 0 Å². The summed E-state index contributed by atoms with van der Waals surface area (Å²) in [6, 6.07) is 17.0. The van der Waals surface area contributed by atoms with E-state index >= 15 is 0 Å². The van der Waals surface area contributed by atoms with E-state index in [9.17, 15) is 0 Å². The average Bonchev–Trinajstić information content (AvgIpc) is 2.60. The number of methoxy groups -OCH3 is 1. The minimum atomic E-state index is -0.175. The highest BCUT2D eigenvalue weighted by Crippen LogP contribution is 2.43. The fraction of sp³-hybridized carbons (Fsp3) is 0.400. The van der Waals surface area contributed by atoms with Crippen molar-refractivity contribution in [3.05, 3.63) is 59.7 Å². The van der Waals surface area contributed by atoms with Gasteiger partial charge in [0.1, 0.15) is 0 Å². The van der Waals surface area contributed by atoms with Crippen LogP contribution >= 0.6 is 0 Å². The summed E-state index contributed by atoms with van der Waals surface area (Å²) in [4.78, 5) is 0. The van der Waals surface area contributed by atoms with E-state index in [0.717, 1.165) is 25.9 Å². The van der Waals surface area contributed by atoms with Crippen LogP contribution in [0.15, 0.2) is 48.5 Å². The molecule has 0 saturated carbocycles. The summed E-state index contributed by atoms with van der Waals surface area (Å²) in [5.74, 6) is 0.287. The lowest BCUT2D eigenvalue weighted by Crippen LogP contribution is -2.22. The molecule has 0 aliphatic carbocycles. The van der Waals surface area contributed by atoms with Crippen molar-refractivity contribution >= 4 is 11.4 Å². The van der Waals surface area contributed by atoms with Crippen molar-refractivity contribution in [3.8, 4) is 0 Å². The van der Waals surface area contributed by atoms with Crippen molar-refractivity contribution in [2.45, 2.75) is 38.4 Å². The van der Waals surface area contributed by atoms with Crippen molar-refractivity contribution in [1.82, 2.24) is 0 Å². The Morgan fingerprint density at radius 1 is 1.00 bits per heavy atom. The van der Waals surface area contributed by atoms with Gasteiger partial charge in [0.25, 0.3) is 0 Å². The van der Waals surface area contributed by atoms with Gasteiger partial charge in [0.15, 0.2) is 6.29 Å². The van der Waals surface area contributed by atoms with E-state index in [4.69, 9.17) is 9.47 Å². The summed E-state index contributed by atoms with van der Waals surface area (Å²) in [5.41, 5.74) is 4.99. The van der Waals surface area contributed by atoms with Gasteiger partial charge in [-0.25, -0.2) is 0 Å². The first-order valence-electron chi connectivity index (χ1n) is 8.42. The van der Waals surface area contributed by atoms with Gasteiger partial charge in [-0.2, -0.15) is 0 Å². The summed E-state index contributed by atoms with van der Waals surface area (Å²) < 4.78 is 11.5. The van der Waals surface area contributed by atoms with Crippen LogP contribution in [0.5, 0.6) is 0 Å². The van der Waals surface area contributed by atoms with Crippen LogP contribution in [0.25, 0.3) is 0 Å². The highest BCUT2D eigenvalue weighted by Gasteiger charge is 2.27. The Bertz CT molecular complexity index is 596. The maximum Gasteiger partial charge on any atom is 0.158 e. The van der Waals surface area contributed by atoms with Crippen LogP contribution in [0, 0.1) is 0 Å². The number of ether oxygens (including phenoxy) is 2. The van der Waals surface area contributed by atoms with Gasteiger partial charge >= 0.3 is 0 Å². The molecule has 3 rings (SSSR count). The normalized spacial score (nSPS) is 14.7. The fourth-order valence-corrected chi connectivity index (χ4v) is 3.18. The number of para-hydroxylation sites is 2. The molecule has 3 heteroatoms. The highest BCUT2D eigenvalue weighted by atomic mass is 16.7. The minimum absolute atomic E-state index is 0.175. The molecule has 0 aromatic heterocycles. The van der Waals surface area contributed by atoms with Crippen LogP contribution < -0.4 is 5.32 Å². The van der Waals surface area contributed by atoms with E-state index in [1.54, 1.807) is 7.11 Å². The molecule has 0 spiro atoms. The van der Waals surface area contributed by atoms with E-state index in [2.05, 4.69) is 60.8 Å². The van der Waals surface area contributed by atoms with E-state index in [-0.39, 0.29) is 12.2 Å². The van der Waals surface area contributed by atoms with Gasteiger partial charge < -0.3 is 14.8 Å². The molecule has 0 amide bonds. The molecule has 1 unspecified atom stereocenters. The molecule has 23 heavy (non-hydrogen) atoms. The van der Waals surface area contributed by atoms with Gasteiger partial charge in [0.05, 0.1) is 0 Å². The molecule has 3 nitrogen and oxygen atoms in total. The zero-order valence-electron chi connectivity index (χ0n) is 13.9. The van der Waals surface area contributed by atoms with Crippen molar-refractivity contribution in [1.29, 1.82) is 0 Å². The Balaban J connectivity index is 1.85. The lowest BCUT2D eigenvalue weighted by Gasteiger charge is -2.31. The number of nitrogens with one attached hydrogen (secondary N) is 1. The Morgan fingerprint density at radius 2 is 1.61 bits per heavy atom. The highest BCUT2D eigenvalue weighted by molar-refractivity contribution is 5.73. The zero-order valence-corrected chi connectivity index (χ0v) is 13.9. The second-order valence-corrected chi connectivity index (χ2v) is 5.98. The predicted molar refractivity (Wildman–Crippen MR) is 94.3 cm³/mol. The Labute approximate surface area is 138 Å². The number of unbranched alkanes of at least 4 members (excludes halogenated alkanes) is 1. The lowest BCUT2D eigenvalue weighted by molar-refractivity contribution is -0.129. The fourth-order valence-electron chi connectivity index (χ4n) is 3.18. The van der Waals surface area contributed by atoms with Gasteiger partial charge in [0, 0.05) is 37.4 Å². The summed E-state index contributed by atoms with van der Waals surface area (Å²) in [5, 5.41) is 3.53. The molecule has 1 aliphatic heterocycles. The molecular formula is C20H25NO2. The number of hydrogen-bond acceptors (Lipinski definition) is 3. The topological polar surface area (TPSA) is 30.5 Å². The molecule has 0 bridgehead atoms. The summed E-state index contributed by atoms with van der Waals surface area (Å²) >= 11 is 0. The van der Waals surface area contributed by atoms with Crippen LogP contribution in [-0.2, 0) is 9.47 Å². The average molecular weight is 311 g/mol. The van der Waals surface area contributed by atoms with Crippen LogP contribution in [0.3, 0.4) is 0 Å². The minimum Gasteiger partial charge on any atom is -0.356 e. The molecule has 1 atom stereocenters.